The normalized spacial score (nSPS) is 15.8. The quantitative estimate of drug-likeness (QED) is 0.392. The molecular weight excluding hydrogens is 444 g/mol. The number of hydrogen-bond donors (Lipinski definition) is 0. The maximum Gasteiger partial charge on any atom is 0.191 e. The van der Waals surface area contributed by atoms with E-state index in [-0.39, 0.29) is 5.92 Å². The third kappa shape index (κ3) is 3.23. The molecule has 6 nitrogen and oxygen atoms in total. The van der Waals surface area contributed by atoms with Gasteiger partial charge < -0.3 is 13.7 Å². The zero-order chi connectivity index (χ0) is 20.7. The van der Waals surface area contributed by atoms with Gasteiger partial charge >= 0.3 is 0 Å². The minimum Gasteiger partial charge on any atom is -0.496 e. The smallest absolute Gasteiger partial charge is 0.191 e. The van der Waals surface area contributed by atoms with Crippen LogP contribution in [0.5, 0.6) is 5.75 Å². The fraction of sp³-hybridized carbons (Fsp3) is 0.261. The van der Waals surface area contributed by atoms with E-state index in [1.54, 1.807) is 13.3 Å². The highest BCUT2D eigenvalue weighted by molar-refractivity contribution is 9.10. The van der Waals surface area contributed by atoms with E-state index in [4.69, 9.17) is 9.15 Å². The third-order valence-corrected chi connectivity index (χ3v) is 6.31. The molecular formula is C23H21BrN4O2. The first-order valence-electron chi connectivity index (χ1n) is 9.94. The van der Waals surface area contributed by atoms with Crippen LogP contribution in [0.15, 0.2) is 57.6 Å². The lowest BCUT2D eigenvalue weighted by atomic mass is 9.91. The highest BCUT2D eigenvalue weighted by Crippen LogP contribution is 2.39. The van der Waals surface area contributed by atoms with Crippen molar-refractivity contribution in [1.82, 2.24) is 19.7 Å². The first-order chi connectivity index (χ1) is 14.7. The van der Waals surface area contributed by atoms with Crippen LogP contribution in [0.25, 0.3) is 22.7 Å². The molecule has 0 bridgehead atoms. The predicted octanol–water partition coefficient (Wildman–Crippen LogP) is 5.61. The minimum absolute atomic E-state index is 0.230. The topological polar surface area (TPSA) is 66.0 Å². The van der Waals surface area contributed by atoms with Crippen molar-refractivity contribution in [1.29, 1.82) is 0 Å². The molecule has 0 saturated carbocycles. The van der Waals surface area contributed by atoms with Crippen molar-refractivity contribution in [3.8, 4) is 28.5 Å². The van der Waals surface area contributed by atoms with Crippen molar-refractivity contribution >= 4 is 15.9 Å². The summed E-state index contributed by atoms with van der Waals surface area (Å²) in [5, 5.41) is 9.16. The number of fused-ring (bicyclic) bond motifs is 1. The van der Waals surface area contributed by atoms with E-state index in [0.29, 0.717) is 11.7 Å². The summed E-state index contributed by atoms with van der Waals surface area (Å²) in [6, 6.07) is 14.4. The number of aromatic nitrogens is 4. The van der Waals surface area contributed by atoms with Gasteiger partial charge in [0.15, 0.2) is 17.5 Å². The molecule has 0 aliphatic carbocycles. The highest BCUT2D eigenvalue weighted by atomic mass is 79.9. The van der Waals surface area contributed by atoms with Crippen LogP contribution in [-0.4, -0.2) is 26.9 Å². The molecule has 1 unspecified atom stereocenters. The summed E-state index contributed by atoms with van der Waals surface area (Å²) in [5.41, 5.74) is 3.09. The van der Waals surface area contributed by atoms with Crippen molar-refractivity contribution in [3.63, 3.8) is 0 Å². The number of oxazole rings is 1. The maximum atomic E-state index is 5.68. The summed E-state index contributed by atoms with van der Waals surface area (Å²) >= 11 is 3.70. The van der Waals surface area contributed by atoms with E-state index >= 15 is 0 Å². The molecule has 4 aromatic rings. The third-order valence-electron chi connectivity index (χ3n) is 5.59. The fourth-order valence-corrected chi connectivity index (χ4v) is 4.72. The highest BCUT2D eigenvalue weighted by Gasteiger charge is 2.28. The summed E-state index contributed by atoms with van der Waals surface area (Å²) in [6.45, 7) is 2.73. The zero-order valence-electron chi connectivity index (χ0n) is 16.8. The molecule has 5 rings (SSSR count). The van der Waals surface area contributed by atoms with Gasteiger partial charge in [-0.3, -0.25) is 0 Å². The van der Waals surface area contributed by atoms with Crippen LogP contribution in [0.4, 0.5) is 0 Å². The van der Waals surface area contributed by atoms with Crippen LogP contribution >= 0.6 is 15.9 Å². The second-order valence-corrected chi connectivity index (χ2v) is 8.26. The Balaban J connectivity index is 1.56. The Morgan fingerprint density at radius 3 is 2.80 bits per heavy atom. The SMILES string of the molecule is COc1cc(-c2nnc3n2CCCC3c2ccccc2Br)ccc1-c1cnc(C)o1. The average Bonchev–Trinajstić information content (AvgIpc) is 3.40. The lowest BCUT2D eigenvalue weighted by Crippen LogP contribution is -2.18. The lowest BCUT2D eigenvalue weighted by Gasteiger charge is -2.25. The second kappa shape index (κ2) is 7.72. The fourth-order valence-electron chi connectivity index (χ4n) is 4.16. The monoisotopic (exact) mass is 464 g/mol. The van der Waals surface area contributed by atoms with Crippen LogP contribution in [0, 0.1) is 6.92 Å². The van der Waals surface area contributed by atoms with Gasteiger partial charge in [-0.2, -0.15) is 0 Å². The molecule has 1 aliphatic heterocycles. The van der Waals surface area contributed by atoms with Gasteiger partial charge in [0.05, 0.1) is 18.9 Å². The molecule has 7 heteroatoms. The minimum atomic E-state index is 0.230. The molecule has 3 heterocycles. The maximum absolute atomic E-state index is 5.68. The van der Waals surface area contributed by atoms with Crippen LogP contribution in [-0.2, 0) is 6.54 Å². The van der Waals surface area contributed by atoms with Crippen LogP contribution in [0.3, 0.4) is 0 Å². The number of hydrogen-bond acceptors (Lipinski definition) is 5. The first-order valence-corrected chi connectivity index (χ1v) is 10.7. The van der Waals surface area contributed by atoms with Gasteiger partial charge in [0, 0.05) is 29.4 Å². The van der Waals surface area contributed by atoms with E-state index in [1.165, 1.54) is 5.56 Å². The zero-order valence-corrected chi connectivity index (χ0v) is 18.4. The van der Waals surface area contributed by atoms with Gasteiger partial charge in [0.25, 0.3) is 0 Å². The Hall–Kier alpha value is -2.93. The Labute approximate surface area is 183 Å². The summed E-state index contributed by atoms with van der Waals surface area (Å²) in [4.78, 5) is 4.19. The van der Waals surface area contributed by atoms with E-state index in [2.05, 4.69) is 53.9 Å². The number of benzene rings is 2. The number of nitrogens with zero attached hydrogens (tertiary/aromatic N) is 4. The van der Waals surface area contributed by atoms with Gasteiger partial charge in [-0.25, -0.2) is 4.98 Å². The molecule has 0 radical (unpaired) electrons. The summed E-state index contributed by atoms with van der Waals surface area (Å²) in [7, 11) is 1.66. The first kappa shape index (κ1) is 19.1. The van der Waals surface area contributed by atoms with Gasteiger partial charge in [0.1, 0.15) is 11.6 Å². The van der Waals surface area contributed by atoms with Crippen molar-refractivity contribution in [2.24, 2.45) is 0 Å². The summed E-state index contributed by atoms with van der Waals surface area (Å²) < 4.78 is 14.7. The van der Waals surface area contributed by atoms with E-state index in [9.17, 15) is 0 Å². The Morgan fingerprint density at radius 1 is 1.17 bits per heavy atom. The Kier molecular flexibility index (Phi) is 4.90. The largest absolute Gasteiger partial charge is 0.496 e. The van der Waals surface area contributed by atoms with E-state index < -0.39 is 0 Å². The predicted molar refractivity (Wildman–Crippen MR) is 117 cm³/mol. The van der Waals surface area contributed by atoms with Crippen LogP contribution < -0.4 is 4.74 Å². The van der Waals surface area contributed by atoms with Crippen LogP contribution in [0.2, 0.25) is 0 Å². The number of ether oxygens (including phenoxy) is 1. The molecule has 0 amide bonds. The molecule has 0 N–H and O–H groups in total. The van der Waals surface area contributed by atoms with Crippen molar-refractivity contribution in [3.05, 3.63) is 70.4 Å². The van der Waals surface area contributed by atoms with Gasteiger partial charge in [-0.05, 0) is 36.6 Å². The average molecular weight is 465 g/mol. The van der Waals surface area contributed by atoms with Gasteiger partial charge in [-0.1, -0.05) is 40.2 Å². The second-order valence-electron chi connectivity index (χ2n) is 7.41. The summed E-state index contributed by atoms with van der Waals surface area (Å²) in [5.74, 6) is 4.14. The van der Waals surface area contributed by atoms with Crippen molar-refractivity contribution in [2.45, 2.75) is 32.2 Å². The Morgan fingerprint density at radius 2 is 2.03 bits per heavy atom. The van der Waals surface area contributed by atoms with E-state index in [0.717, 1.165) is 52.4 Å². The number of halogens is 1. The molecule has 2 aromatic heterocycles. The van der Waals surface area contributed by atoms with Crippen molar-refractivity contribution < 1.29 is 9.15 Å². The molecule has 0 fully saturated rings. The van der Waals surface area contributed by atoms with Crippen LogP contribution in [0.1, 0.15) is 36.0 Å². The summed E-state index contributed by atoms with van der Waals surface area (Å²) in [6.07, 6.45) is 3.86. The molecule has 2 aromatic carbocycles. The molecule has 0 spiro atoms. The number of methoxy groups -OCH3 is 1. The molecule has 1 atom stereocenters. The lowest BCUT2D eigenvalue weighted by molar-refractivity contribution is 0.414. The molecule has 30 heavy (non-hydrogen) atoms. The van der Waals surface area contributed by atoms with Crippen molar-refractivity contribution in [2.75, 3.05) is 7.11 Å². The van der Waals surface area contributed by atoms with Gasteiger partial charge in [-0.15, -0.1) is 10.2 Å². The Bertz CT molecular complexity index is 1210. The molecule has 152 valence electrons. The van der Waals surface area contributed by atoms with E-state index in [1.807, 2.05) is 31.2 Å². The number of rotatable bonds is 4. The molecule has 1 aliphatic rings. The number of aryl methyl sites for hydroxylation is 1. The standard InChI is InChI=1S/C23H21BrN4O2/c1-14-25-13-21(30-14)18-10-9-15(12-20(18)29-2)22-26-27-23-17(7-5-11-28(22)23)16-6-3-4-8-19(16)24/h3-4,6,8-10,12-13,17H,5,7,11H2,1-2H3. The molecule has 0 saturated heterocycles. The van der Waals surface area contributed by atoms with Gasteiger partial charge in [0.2, 0.25) is 0 Å².